The fourth-order valence-electron chi connectivity index (χ4n) is 2.04. The first-order valence-electron chi connectivity index (χ1n) is 6.05. The highest BCUT2D eigenvalue weighted by Gasteiger charge is 2.15. The highest BCUT2D eigenvalue weighted by atomic mass is 16.4. The predicted molar refractivity (Wildman–Crippen MR) is 73.5 cm³/mol. The van der Waals surface area contributed by atoms with E-state index >= 15 is 0 Å². The van der Waals surface area contributed by atoms with Gasteiger partial charge in [-0.15, -0.1) is 0 Å². The summed E-state index contributed by atoms with van der Waals surface area (Å²) >= 11 is 0. The number of nitriles is 1. The fourth-order valence-corrected chi connectivity index (χ4v) is 2.04. The van der Waals surface area contributed by atoms with E-state index in [2.05, 4.69) is 5.32 Å². The zero-order valence-electron chi connectivity index (χ0n) is 10.6. The molecule has 1 amide bonds. The molecule has 2 N–H and O–H groups in total. The van der Waals surface area contributed by atoms with Crippen molar-refractivity contribution < 1.29 is 14.7 Å². The summed E-state index contributed by atoms with van der Waals surface area (Å²) in [6.07, 6.45) is 0.211. The number of aromatic carboxylic acids is 1. The monoisotopic (exact) mass is 268 g/mol. The Kier molecular flexibility index (Phi) is 3.96. The Hall–Kier alpha value is -2.87. The molecule has 0 saturated heterocycles. The number of benzene rings is 2. The molecule has 20 heavy (non-hydrogen) atoms. The number of carbonyl (C=O) groups excluding carboxylic acids is 1. The van der Waals surface area contributed by atoms with E-state index in [0.717, 1.165) is 0 Å². The van der Waals surface area contributed by atoms with Gasteiger partial charge in [-0.05, 0) is 17.5 Å². The Morgan fingerprint density at radius 3 is 2.40 bits per heavy atom. The molecule has 0 heterocycles. The number of carboxylic acids is 1. The number of nitrogens with one attached hydrogen (secondary N) is 1. The third-order valence-corrected chi connectivity index (χ3v) is 2.90. The lowest BCUT2D eigenvalue weighted by molar-refractivity contribution is 0.0699. The molecule has 0 spiro atoms. The van der Waals surface area contributed by atoms with Crippen molar-refractivity contribution >= 4 is 22.6 Å². The molecule has 0 aliphatic rings. The average molecular weight is 268 g/mol. The van der Waals surface area contributed by atoms with Gasteiger partial charge in [-0.1, -0.05) is 24.3 Å². The minimum Gasteiger partial charge on any atom is -0.478 e. The summed E-state index contributed by atoms with van der Waals surface area (Å²) in [6.45, 7) is 0.237. The van der Waals surface area contributed by atoms with E-state index < -0.39 is 5.97 Å². The van der Waals surface area contributed by atoms with Crippen LogP contribution in [0.25, 0.3) is 10.8 Å². The molecule has 0 radical (unpaired) electrons. The standard InChI is InChI=1S/C15H12N2O3/c16-8-3-9-17-14(18)11-6-1-4-10-5-2-7-12(13(10)11)15(19)20/h1-2,4-7H,3,9H2,(H,17,18)(H,19,20). The van der Waals surface area contributed by atoms with Crippen molar-refractivity contribution in [3.8, 4) is 6.07 Å². The Morgan fingerprint density at radius 1 is 1.15 bits per heavy atom. The number of fused-ring (bicyclic) bond motifs is 1. The molecular formula is C15H12N2O3. The largest absolute Gasteiger partial charge is 0.478 e. The second-order valence-corrected chi connectivity index (χ2v) is 4.18. The van der Waals surface area contributed by atoms with Gasteiger partial charge in [0.1, 0.15) is 0 Å². The zero-order chi connectivity index (χ0) is 14.5. The third-order valence-electron chi connectivity index (χ3n) is 2.90. The summed E-state index contributed by atoms with van der Waals surface area (Å²) in [4.78, 5) is 23.4. The smallest absolute Gasteiger partial charge is 0.336 e. The Bertz CT molecular complexity index is 711. The van der Waals surface area contributed by atoms with Crippen LogP contribution in [0, 0.1) is 11.3 Å². The minimum absolute atomic E-state index is 0.0912. The van der Waals surface area contributed by atoms with Gasteiger partial charge in [0.05, 0.1) is 18.1 Å². The van der Waals surface area contributed by atoms with Gasteiger partial charge in [-0.25, -0.2) is 4.79 Å². The molecule has 2 rings (SSSR count). The van der Waals surface area contributed by atoms with Crippen LogP contribution < -0.4 is 5.32 Å². The molecule has 0 unspecified atom stereocenters. The number of hydrogen-bond donors (Lipinski definition) is 2. The number of carboxylic acid groups (broad SMARTS) is 1. The fraction of sp³-hybridized carbons (Fsp3) is 0.133. The summed E-state index contributed by atoms with van der Waals surface area (Å²) in [7, 11) is 0. The first kappa shape index (κ1) is 13.6. The first-order valence-corrected chi connectivity index (χ1v) is 6.05. The maximum absolute atomic E-state index is 12.1. The lowest BCUT2D eigenvalue weighted by Gasteiger charge is -2.09. The normalized spacial score (nSPS) is 9.95. The molecule has 2 aromatic carbocycles. The van der Waals surface area contributed by atoms with Crippen molar-refractivity contribution in [2.75, 3.05) is 6.54 Å². The van der Waals surface area contributed by atoms with Crippen LogP contribution in [0.2, 0.25) is 0 Å². The van der Waals surface area contributed by atoms with E-state index in [-0.39, 0.29) is 24.4 Å². The summed E-state index contributed by atoms with van der Waals surface area (Å²) < 4.78 is 0. The maximum Gasteiger partial charge on any atom is 0.336 e. The SMILES string of the molecule is N#CCCNC(=O)c1cccc2cccc(C(=O)O)c12. The van der Waals surface area contributed by atoms with Gasteiger partial charge in [-0.3, -0.25) is 4.79 Å². The van der Waals surface area contributed by atoms with Gasteiger partial charge in [0.25, 0.3) is 5.91 Å². The maximum atomic E-state index is 12.1. The molecule has 0 aliphatic heterocycles. The molecule has 0 atom stereocenters. The Balaban J connectivity index is 2.51. The van der Waals surface area contributed by atoms with Gasteiger partial charge < -0.3 is 10.4 Å². The van der Waals surface area contributed by atoms with Crippen molar-refractivity contribution in [1.82, 2.24) is 5.32 Å². The lowest BCUT2D eigenvalue weighted by Crippen LogP contribution is -2.24. The number of nitrogens with zero attached hydrogens (tertiary/aromatic N) is 1. The minimum atomic E-state index is -1.08. The van der Waals surface area contributed by atoms with Crippen molar-refractivity contribution in [2.45, 2.75) is 6.42 Å². The third kappa shape index (κ3) is 2.59. The second kappa shape index (κ2) is 5.85. The molecule has 2 aromatic rings. The second-order valence-electron chi connectivity index (χ2n) is 4.18. The Labute approximate surface area is 115 Å². The van der Waals surface area contributed by atoms with Crippen molar-refractivity contribution in [1.29, 1.82) is 5.26 Å². The molecule has 0 saturated carbocycles. The lowest BCUT2D eigenvalue weighted by atomic mass is 9.98. The summed E-state index contributed by atoms with van der Waals surface area (Å²) in [5.41, 5.74) is 0.395. The van der Waals surface area contributed by atoms with E-state index in [9.17, 15) is 14.7 Å². The van der Waals surface area contributed by atoms with E-state index in [1.165, 1.54) is 6.07 Å². The molecule has 5 nitrogen and oxygen atoms in total. The summed E-state index contributed by atoms with van der Waals surface area (Å²) in [6, 6.07) is 11.8. The van der Waals surface area contributed by atoms with Gasteiger partial charge in [0.2, 0.25) is 0 Å². The predicted octanol–water partition coefficient (Wildman–Crippen LogP) is 2.18. The van der Waals surface area contributed by atoms with E-state index in [1.54, 1.807) is 30.3 Å². The van der Waals surface area contributed by atoms with Gasteiger partial charge in [0, 0.05) is 17.5 Å². The Morgan fingerprint density at radius 2 is 1.80 bits per heavy atom. The number of rotatable bonds is 4. The van der Waals surface area contributed by atoms with Crippen molar-refractivity contribution in [2.24, 2.45) is 0 Å². The summed E-state index contributed by atoms with van der Waals surface area (Å²) in [5, 5.41) is 21.4. The van der Waals surface area contributed by atoms with Crippen LogP contribution in [0.4, 0.5) is 0 Å². The highest BCUT2D eigenvalue weighted by molar-refractivity contribution is 6.14. The number of carbonyl (C=O) groups is 2. The van der Waals surface area contributed by atoms with Crippen molar-refractivity contribution in [3.05, 3.63) is 47.5 Å². The van der Waals surface area contributed by atoms with Crippen LogP contribution in [0.1, 0.15) is 27.1 Å². The van der Waals surface area contributed by atoms with Crippen LogP contribution in [-0.4, -0.2) is 23.5 Å². The zero-order valence-corrected chi connectivity index (χ0v) is 10.6. The first-order chi connectivity index (χ1) is 9.65. The van der Waals surface area contributed by atoms with Crippen LogP contribution in [0.15, 0.2) is 36.4 Å². The molecule has 0 bridgehead atoms. The van der Waals surface area contributed by atoms with Gasteiger partial charge in [0.15, 0.2) is 0 Å². The molecule has 0 aliphatic carbocycles. The van der Waals surface area contributed by atoms with Crippen LogP contribution in [-0.2, 0) is 0 Å². The molecule has 0 aromatic heterocycles. The van der Waals surface area contributed by atoms with Gasteiger partial charge >= 0.3 is 5.97 Å². The molecule has 100 valence electrons. The molecular weight excluding hydrogens is 256 g/mol. The van der Waals surface area contributed by atoms with Gasteiger partial charge in [-0.2, -0.15) is 5.26 Å². The summed E-state index contributed by atoms with van der Waals surface area (Å²) in [5.74, 6) is -1.45. The highest BCUT2D eigenvalue weighted by Crippen LogP contribution is 2.23. The topological polar surface area (TPSA) is 90.2 Å². The molecule has 5 heteroatoms. The van der Waals surface area contributed by atoms with E-state index in [4.69, 9.17) is 5.26 Å². The van der Waals surface area contributed by atoms with Crippen molar-refractivity contribution in [3.63, 3.8) is 0 Å². The number of hydrogen-bond acceptors (Lipinski definition) is 3. The van der Waals surface area contributed by atoms with E-state index in [0.29, 0.717) is 16.3 Å². The number of amides is 1. The quantitative estimate of drug-likeness (QED) is 0.831. The van der Waals surface area contributed by atoms with Crippen LogP contribution >= 0.6 is 0 Å². The van der Waals surface area contributed by atoms with E-state index in [1.807, 2.05) is 6.07 Å². The average Bonchev–Trinajstić information content (AvgIpc) is 2.46. The molecule has 0 fully saturated rings. The van der Waals surface area contributed by atoms with Crippen LogP contribution in [0.3, 0.4) is 0 Å². The van der Waals surface area contributed by atoms with Crippen LogP contribution in [0.5, 0.6) is 0 Å².